The van der Waals surface area contributed by atoms with Crippen molar-refractivity contribution in [2.24, 2.45) is 5.92 Å². The minimum absolute atomic E-state index is 0.223. The third-order valence-electron chi connectivity index (χ3n) is 4.99. The Hall–Kier alpha value is -1.60. The zero-order valence-electron chi connectivity index (χ0n) is 14.9. The lowest BCUT2D eigenvalue weighted by atomic mass is 9.95. The van der Waals surface area contributed by atoms with Crippen molar-refractivity contribution >= 4 is 28.3 Å². The smallest absolute Gasteiger partial charge is 0.341 e. The van der Waals surface area contributed by atoms with Crippen LogP contribution in [-0.4, -0.2) is 38.2 Å². The Morgan fingerprint density at radius 3 is 2.76 bits per heavy atom. The molecular weight excluding hydrogens is 338 g/mol. The van der Waals surface area contributed by atoms with Crippen LogP contribution in [0.4, 0.5) is 9.80 Å². The molecule has 2 heterocycles. The van der Waals surface area contributed by atoms with E-state index in [1.165, 1.54) is 16.2 Å². The highest BCUT2D eigenvalue weighted by Crippen LogP contribution is 2.38. The van der Waals surface area contributed by atoms with E-state index in [1.54, 1.807) is 6.92 Å². The second-order valence-corrected chi connectivity index (χ2v) is 7.89. The number of fused-ring (bicyclic) bond motifs is 1. The first kappa shape index (κ1) is 18.2. The zero-order chi connectivity index (χ0) is 17.6. The van der Waals surface area contributed by atoms with Crippen LogP contribution in [0.5, 0.6) is 0 Å². The number of nitrogens with two attached hydrogens (primary N) is 1. The first-order valence-electron chi connectivity index (χ1n) is 9.37. The van der Waals surface area contributed by atoms with Crippen LogP contribution in [0.3, 0.4) is 0 Å². The average Bonchev–Trinajstić information content (AvgIpc) is 2.99. The average molecular weight is 367 g/mol. The highest BCUT2D eigenvalue weighted by molar-refractivity contribution is 7.17. The summed E-state index contributed by atoms with van der Waals surface area (Å²) in [6, 6.07) is -0.223. The molecule has 0 saturated carbocycles. The van der Waals surface area contributed by atoms with E-state index >= 15 is 0 Å². The summed E-state index contributed by atoms with van der Waals surface area (Å²) in [6.45, 7) is 5.11. The molecule has 1 fully saturated rings. The van der Waals surface area contributed by atoms with Gasteiger partial charge in [0.25, 0.3) is 0 Å². The summed E-state index contributed by atoms with van der Waals surface area (Å²) < 4.78 is 5.22. The summed E-state index contributed by atoms with van der Waals surface area (Å²) in [5.74, 6) is 0.233. The minimum atomic E-state index is -0.319. The Morgan fingerprint density at radius 1 is 1.24 bits per heavy atom. The van der Waals surface area contributed by atoms with Crippen LogP contribution in [0.1, 0.15) is 53.4 Å². The number of nitrogens with one attached hydrogen (secondary N) is 2. The molecule has 0 spiro atoms. The van der Waals surface area contributed by atoms with Gasteiger partial charge in [0.05, 0.1) is 25.3 Å². The predicted molar refractivity (Wildman–Crippen MR) is 98.3 cm³/mol. The third kappa shape index (κ3) is 4.52. The van der Waals surface area contributed by atoms with Crippen LogP contribution in [0.2, 0.25) is 0 Å². The number of thiophene rings is 1. The number of hydrogen-bond donors (Lipinski definition) is 3. The summed E-state index contributed by atoms with van der Waals surface area (Å²) in [7, 11) is 0. The van der Waals surface area contributed by atoms with Crippen molar-refractivity contribution in [1.82, 2.24) is 5.32 Å². The van der Waals surface area contributed by atoms with E-state index in [2.05, 4.69) is 16.0 Å². The summed E-state index contributed by atoms with van der Waals surface area (Å²) in [5, 5.41) is 8.83. The van der Waals surface area contributed by atoms with Crippen molar-refractivity contribution in [2.75, 3.05) is 31.6 Å². The van der Waals surface area contributed by atoms with Crippen LogP contribution in [-0.2, 0) is 17.6 Å². The Bertz CT molecular complexity index is 623. The molecule has 3 rings (SSSR count). The minimum Gasteiger partial charge on any atom is -0.462 e. The van der Waals surface area contributed by atoms with E-state index in [4.69, 9.17) is 4.74 Å². The summed E-state index contributed by atoms with van der Waals surface area (Å²) in [4.78, 5) is 25.9. The van der Waals surface area contributed by atoms with Crippen LogP contribution < -0.4 is 16.0 Å². The molecule has 1 aliphatic carbocycles. The van der Waals surface area contributed by atoms with Crippen molar-refractivity contribution < 1.29 is 19.6 Å². The summed E-state index contributed by atoms with van der Waals surface area (Å²) >= 11 is 1.53. The van der Waals surface area contributed by atoms with Gasteiger partial charge in [-0.25, -0.2) is 9.59 Å². The Morgan fingerprint density at radius 2 is 2.00 bits per heavy atom. The standard InChI is InChI=1S/C18H27N3O3S/c1-2-24-17(22)15-13-5-3-4-6-14(13)25-16(15)21-18(23)20-11-12-7-9-19-10-8-12/h12,19H,2-11H2,1H3,(H2,20,21,23)/p+1. The monoisotopic (exact) mass is 366 g/mol. The molecule has 0 atom stereocenters. The van der Waals surface area contributed by atoms with Gasteiger partial charge in [-0.05, 0) is 44.1 Å². The maximum Gasteiger partial charge on any atom is 0.341 e. The molecule has 1 saturated heterocycles. The van der Waals surface area contributed by atoms with Crippen molar-refractivity contribution in [2.45, 2.75) is 45.4 Å². The SMILES string of the molecule is CCOC(=O)c1c(NC(=O)NCC2CC[NH2+]CC2)sc2c1CCCC2. The lowest BCUT2D eigenvalue weighted by molar-refractivity contribution is -0.664. The van der Waals surface area contributed by atoms with E-state index in [0.29, 0.717) is 29.6 Å². The van der Waals surface area contributed by atoms with Gasteiger partial charge in [-0.3, -0.25) is 5.32 Å². The molecule has 138 valence electrons. The number of urea groups is 1. The molecule has 1 aliphatic heterocycles. The number of piperidine rings is 1. The molecule has 0 radical (unpaired) electrons. The molecule has 4 N–H and O–H groups in total. The van der Waals surface area contributed by atoms with Crippen LogP contribution in [0.15, 0.2) is 0 Å². The van der Waals surface area contributed by atoms with Gasteiger partial charge in [0.1, 0.15) is 5.00 Å². The highest BCUT2D eigenvalue weighted by Gasteiger charge is 2.27. The quantitative estimate of drug-likeness (QED) is 0.696. The Balaban J connectivity index is 1.67. The predicted octanol–water partition coefficient (Wildman–Crippen LogP) is 1.90. The Kier molecular flexibility index (Phi) is 6.31. The largest absolute Gasteiger partial charge is 0.462 e. The van der Waals surface area contributed by atoms with E-state index in [-0.39, 0.29) is 12.0 Å². The number of ether oxygens (including phenoxy) is 1. The second-order valence-electron chi connectivity index (χ2n) is 6.78. The Labute approximate surface area is 152 Å². The third-order valence-corrected chi connectivity index (χ3v) is 6.19. The van der Waals surface area contributed by atoms with Gasteiger partial charge in [0.15, 0.2) is 0 Å². The fourth-order valence-electron chi connectivity index (χ4n) is 3.66. The first-order valence-corrected chi connectivity index (χ1v) is 10.2. The van der Waals surface area contributed by atoms with Gasteiger partial charge in [0, 0.05) is 24.3 Å². The van der Waals surface area contributed by atoms with E-state index in [1.807, 2.05) is 0 Å². The number of anilines is 1. The maximum atomic E-state index is 12.4. The number of carbonyl (C=O) groups is 2. The van der Waals surface area contributed by atoms with Gasteiger partial charge in [0.2, 0.25) is 0 Å². The zero-order valence-corrected chi connectivity index (χ0v) is 15.7. The van der Waals surface area contributed by atoms with Gasteiger partial charge in [-0.15, -0.1) is 11.3 Å². The lowest BCUT2D eigenvalue weighted by Crippen LogP contribution is -2.86. The van der Waals surface area contributed by atoms with Crippen molar-refractivity contribution in [1.29, 1.82) is 0 Å². The summed E-state index contributed by atoms with van der Waals surface area (Å²) in [6.07, 6.45) is 6.38. The lowest BCUT2D eigenvalue weighted by Gasteiger charge is -2.20. The van der Waals surface area contributed by atoms with Crippen molar-refractivity contribution in [3.05, 3.63) is 16.0 Å². The molecule has 0 aromatic carbocycles. The van der Waals surface area contributed by atoms with Crippen LogP contribution in [0.25, 0.3) is 0 Å². The number of carbonyl (C=O) groups excluding carboxylic acids is 2. The number of quaternary nitrogens is 1. The number of aryl methyl sites for hydroxylation is 1. The summed E-state index contributed by atoms with van der Waals surface area (Å²) in [5.41, 5.74) is 1.65. The molecule has 25 heavy (non-hydrogen) atoms. The fourth-order valence-corrected chi connectivity index (χ4v) is 4.93. The number of rotatable bonds is 5. The molecule has 2 aliphatic rings. The maximum absolute atomic E-state index is 12.4. The first-order chi connectivity index (χ1) is 12.2. The molecule has 0 unspecified atom stereocenters. The van der Waals surface area contributed by atoms with Gasteiger partial charge < -0.3 is 15.4 Å². The topological polar surface area (TPSA) is 84.0 Å². The molecular formula is C18H28N3O3S+. The molecule has 2 amide bonds. The second kappa shape index (κ2) is 8.67. The molecule has 1 aromatic heterocycles. The molecule has 1 aromatic rings. The van der Waals surface area contributed by atoms with Crippen LogP contribution >= 0.6 is 11.3 Å². The number of esters is 1. The van der Waals surface area contributed by atoms with Crippen molar-refractivity contribution in [3.8, 4) is 0 Å². The fraction of sp³-hybridized carbons (Fsp3) is 0.667. The molecule has 6 nitrogen and oxygen atoms in total. The van der Waals surface area contributed by atoms with E-state index in [9.17, 15) is 9.59 Å². The highest BCUT2D eigenvalue weighted by atomic mass is 32.1. The molecule has 7 heteroatoms. The van der Waals surface area contributed by atoms with E-state index < -0.39 is 0 Å². The number of amides is 2. The van der Waals surface area contributed by atoms with Gasteiger partial charge in [-0.2, -0.15) is 0 Å². The number of hydrogen-bond acceptors (Lipinski definition) is 4. The van der Waals surface area contributed by atoms with Crippen molar-refractivity contribution in [3.63, 3.8) is 0 Å². The normalized spacial score (nSPS) is 17.6. The van der Waals surface area contributed by atoms with Gasteiger partial charge >= 0.3 is 12.0 Å². The van der Waals surface area contributed by atoms with Crippen LogP contribution in [0, 0.1) is 5.92 Å². The van der Waals surface area contributed by atoms with Gasteiger partial charge in [-0.1, -0.05) is 0 Å². The molecule has 0 bridgehead atoms. The van der Waals surface area contributed by atoms with E-state index in [0.717, 1.165) is 57.2 Å².